The molecule has 1 aliphatic rings. The first-order valence-corrected chi connectivity index (χ1v) is 7.54. The summed E-state index contributed by atoms with van der Waals surface area (Å²) in [6.45, 7) is 7.11. The second kappa shape index (κ2) is 7.51. The van der Waals surface area contributed by atoms with Crippen LogP contribution in [0.4, 0.5) is 4.39 Å². The van der Waals surface area contributed by atoms with E-state index in [1.54, 1.807) is 12.2 Å². The van der Waals surface area contributed by atoms with Crippen molar-refractivity contribution in [3.63, 3.8) is 0 Å². The van der Waals surface area contributed by atoms with Crippen molar-refractivity contribution in [2.45, 2.75) is 25.9 Å². The molecule has 118 valence electrons. The van der Waals surface area contributed by atoms with Crippen molar-refractivity contribution < 1.29 is 9.50 Å². The van der Waals surface area contributed by atoms with Crippen molar-refractivity contribution in [3.05, 3.63) is 53.5 Å². The SMILES string of the molecule is C=C/C(=C\C(=C/C)c1nc(Cl)ncc1F)N1CCC(O)CC1. The van der Waals surface area contributed by atoms with Gasteiger partial charge in [-0.1, -0.05) is 12.7 Å². The normalized spacial score (nSPS) is 17.7. The average molecular weight is 324 g/mol. The van der Waals surface area contributed by atoms with E-state index in [0.717, 1.165) is 25.0 Å². The fourth-order valence-electron chi connectivity index (χ4n) is 2.40. The molecular weight excluding hydrogens is 305 g/mol. The minimum absolute atomic E-state index is 0.00500. The quantitative estimate of drug-likeness (QED) is 0.683. The van der Waals surface area contributed by atoms with Crippen molar-refractivity contribution in [3.8, 4) is 0 Å². The summed E-state index contributed by atoms with van der Waals surface area (Å²) in [7, 11) is 0. The molecule has 1 N–H and O–H groups in total. The number of aliphatic hydroxyl groups is 1. The molecule has 0 aromatic carbocycles. The minimum Gasteiger partial charge on any atom is -0.393 e. The van der Waals surface area contributed by atoms with Gasteiger partial charge in [0.15, 0.2) is 5.82 Å². The van der Waals surface area contributed by atoms with Crippen LogP contribution in [0.2, 0.25) is 5.28 Å². The summed E-state index contributed by atoms with van der Waals surface area (Å²) in [4.78, 5) is 9.70. The smallest absolute Gasteiger partial charge is 0.223 e. The first-order valence-electron chi connectivity index (χ1n) is 7.17. The fraction of sp³-hybridized carbons (Fsp3) is 0.375. The Morgan fingerprint density at radius 3 is 2.77 bits per heavy atom. The second-order valence-electron chi connectivity index (χ2n) is 5.07. The summed E-state index contributed by atoms with van der Waals surface area (Å²) in [5, 5.41) is 9.59. The van der Waals surface area contributed by atoms with Crippen molar-refractivity contribution in [2.24, 2.45) is 0 Å². The van der Waals surface area contributed by atoms with Gasteiger partial charge < -0.3 is 10.0 Å². The molecule has 6 heteroatoms. The maximum Gasteiger partial charge on any atom is 0.223 e. The van der Waals surface area contributed by atoms with E-state index in [0.29, 0.717) is 18.4 Å². The van der Waals surface area contributed by atoms with Crippen LogP contribution in [-0.2, 0) is 0 Å². The molecule has 22 heavy (non-hydrogen) atoms. The van der Waals surface area contributed by atoms with Gasteiger partial charge in [-0.15, -0.1) is 0 Å². The van der Waals surface area contributed by atoms with Gasteiger partial charge in [0.25, 0.3) is 0 Å². The first kappa shape index (κ1) is 16.6. The standard InChI is InChI=1S/C16H19ClFN3O/c1-3-11(15-14(18)10-19-16(17)20-15)9-12(4-2)21-7-5-13(22)6-8-21/h3-4,9-10,13,22H,2,5-8H2,1H3/b11-3+,12-9+. The molecule has 2 rings (SSSR count). The number of aliphatic hydroxyl groups excluding tert-OH is 1. The Morgan fingerprint density at radius 1 is 1.50 bits per heavy atom. The molecule has 1 fully saturated rings. The van der Waals surface area contributed by atoms with Crippen LogP contribution >= 0.6 is 11.6 Å². The first-order chi connectivity index (χ1) is 10.5. The summed E-state index contributed by atoms with van der Waals surface area (Å²) < 4.78 is 13.9. The molecule has 1 saturated heterocycles. The molecule has 0 atom stereocenters. The third kappa shape index (κ3) is 3.93. The van der Waals surface area contributed by atoms with E-state index in [9.17, 15) is 9.50 Å². The number of rotatable bonds is 4. The van der Waals surface area contributed by atoms with E-state index in [1.165, 1.54) is 0 Å². The summed E-state index contributed by atoms with van der Waals surface area (Å²) in [5.41, 5.74) is 1.65. The van der Waals surface area contributed by atoms with E-state index >= 15 is 0 Å². The Balaban J connectivity index is 2.30. The van der Waals surface area contributed by atoms with Gasteiger partial charge >= 0.3 is 0 Å². The van der Waals surface area contributed by atoms with Crippen LogP contribution in [0, 0.1) is 5.82 Å². The molecular formula is C16H19ClFN3O. The van der Waals surface area contributed by atoms with Gasteiger partial charge in [-0.25, -0.2) is 14.4 Å². The number of hydrogen-bond donors (Lipinski definition) is 1. The fourth-order valence-corrected chi connectivity index (χ4v) is 2.53. The Morgan fingerprint density at radius 2 is 2.18 bits per heavy atom. The highest BCUT2D eigenvalue weighted by Crippen LogP contribution is 2.23. The number of piperidine rings is 1. The summed E-state index contributed by atoms with van der Waals surface area (Å²) >= 11 is 5.76. The lowest BCUT2D eigenvalue weighted by Gasteiger charge is -2.32. The maximum absolute atomic E-state index is 13.9. The van der Waals surface area contributed by atoms with E-state index in [2.05, 4.69) is 21.4 Å². The Kier molecular flexibility index (Phi) is 5.69. The second-order valence-corrected chi connectivity index (χ2v) is 5.41. The van der Waals surface area contributed by atoms with Gasteiger partial charge in [0.05, 0.1) is 12.3 Å². The number of aromatic nitrogens is 2. The molecule has 1 aromatic heterocycles. The lowest BCUT2D eigenvalue weighted by molar-refractivity contribution is 0.0987. The van der Waals surface area contributed by atoms with Crippen LogP contribution in [0.15, 0.2) is 36.7 Å². The molecule has 4 nitrogen and oxygen atoms in total. The van der Waals surface area contributed by atoms with Crippen LogP contribution in [-0.4, -0.2) is 39.2 Å². The van der Waals surface area contributed by atoms with Crippen molar-refractivity contribution in [1.82, 2.24) is 14.9 Å². The molecule has 0 unspecified atom stereocenters. The van der Waals surface area contributed by atoms with E-state index in [1.807, 2.05) is 13.0 Å². The Labute approximate surface area is 134 Å². The monoisotopic (exact) mass is 323 g/mol. The topological polar surface area (TPSA) is 49.2 Å². The maximum atomic E-state index is 13.9. The lowest BCUT2D eigenvalue weighted by atomic mass is 10.1. The zero-order valence-electron chi connectivity index (χ0n) is 12.5. The molecule has 0 amide bonds. The lowest BCUT2D eigenvalue weighted by Crippen LogP contribution is -2.34. The highest BCUT2D eigenvalue weighted by molar-refractivity contribution is 6.28. The van der Waals surface area contributed by atoms with Gasteiger partial charge in [-0.05, 0) is 43.5 Å². The number of allylic oxidation sites excluding steroid dienone is 4. The molecule has 1 aromatic rings. The highest BCUT2D eigenvalue weighted by atomic mass is 35.5. The Bertz CT molecular complexity index is 607. The molecule has 1 aliphatic heterocycles. The number of halogens is 2. The zero-order chi connectivity index (χ0) is 16.1. The predicted molar refractivity (Wildman–Crippen MR) is 85.7 cm³/mol. The van der Waals surface area contributed by atoms with Gasteiger partial charge in [-0.2, -0.15) is 0 Å². The number of likely N-dealkylation sites (tertiary alicyclic amines) is 1. The van der Waals surface area contributed by atoms with Crippen LogP contribution < -0.4 is 0 Å². The summed E-state index contributed by atoms with van der Waals surface area (Å²) in [5.74, 6) is -0.522. The van der Waals surface area contributed by atoms with Crippen molar-refractivity contribution in [2.75, 3.05) is 13.1 Å². The third-order valence-electron chi connectivity index (χ3n) is 3.64. The van der Waals surface area contributed by atoms with Gasteiger partial charge in [0.1, 0.15) is 5.69 Å². The third-order valence-corrected chi connectivity index (χ3v) is 3.82. The average Bonchev–Trinajstić information content (AvgIpc) is 2.52. The van der Waals surface area contributed by atoms with Gasteiger partial charge in [-0.3, -0.25) is 0 Å². The Hall–Kier alpha value is -1.72. The van der Waals surface area contributed by atoms with Gasteiger partial charge in [0, 0.05) is 24.4 Å². The number of nitrogens with zero attached hydrogens (tertiary/aromatic N) is 3. The molecule has 0 spiro atoms. The summed E-state index contributed by atoms with van der Waals surface area (Å²) in [6.07, 6.45) is 7.56. The van der Waals surface area contributed by atoms with E-state index < -0.39 is 5.82 Å². The zero-order valence-corrected chi connectivity index (χ0v) is 13.2. The van der Waals surface area contributed by atoms with Gasteiger partial charge in [0.2, 0.25) is 5.28 Å². The molecule has 0 bridgehead atoms. The largest absolute Gasteiger partial charge is 0.393 e. The minimum atomic E-state index is -0.522. The number of hydrogen-bond acceptors (Lipinski definition) is 4. The van der Waals surface area contributed by atoms with Crippen LogP contribution in [0.1, 0.15) is 25.5 Å². The molecule has 0 saturated carbocycles. The molecule has 2 heterocycles. The van der Waals surface area contributed by atoms with Crippen molar-refractivity contribution >= 4 is 17.2 Å². The molecule has 0 radical (unpaired) electrons. The van der Waals surface area contributed by atoms with Crippen LogP contribution in [0.25, 0.3) is 5.57 Å². The summed E-state index contributed by atoms with van der Waals surface area (Å²) in [6, 6.07) is 0. The van der Waals surface area contributed by atoms with E-state index in [-0.39, 0.29) is 17.1 Å². The van der Waals surface area contributed by atoms with Crippen LogP contribution in [0.3, 0.4) is 0 Å². The molecule has 0 aliphatic carbocycles. The predicted octanol–water partition coefficient (Wildman–Crippen LogP) is 3.20. The highest BCUT2D eigenvalue weighted by Gasteiger charge is 2.18. The van der Waals surface area contributed by atoms with E-state index in [4.69, 9.17) is 11.6 Å². The van der Waals surface area contributed by atoms with Crippen molar-refractivity contribution in [1.29, 1.82) is 0 Å². The van der Waals surface area contributed by atoms with Crippen LogP contribution in [0.5, 0.6) is 0 Å².